The quantitative estimate of drug-likeness (QED) is 0.740. The molecule has 0 aliphatic heterocycles. The number of rotatable bonds is 6. The van der Waals surface area contributed by atoms with Crippen molar-refractivity contribution >= 4 is 0 Å². The van der Waals surface area contributed by atoms with Gasteiger partial charge in [0.25, 0.3) is 0 Å². The summed E-state index contributed by atoms with van der Waals surface area (Å²) in [4.78, 5) is 0. The summed E-state index contributed by atoms with van der Waals surface area (Å²) in [5.41, 5.74) is 0.805. The summed E-state index contributed by atoms with van der Waals surface area (Å²) in [7, 11) is 0. The number of ether oxygens (including phenoxy) is 1. The van der Waals surface area contributed by atoms with E-state index in [4.69, 9.17) is 9.84 Å². The first-order chi connectivity index (χ1) is 7.35. The third kappa shape index (κ3) is 9.43. The lowest BCUT2D eigenvalue weighted by Crippen LogP contribution is -1.96. The zero-order valence-corrected chi connectivity index (χ0v) is 9.61. The Hall–Kier alpha value is -0.870. The molecule has 15 heavy (non-hydrogen) atoms. The van der Waals surface area contributed by atoms with Gasteiger partial charge in [-0.1, -0.05) is 25.4 Å². The van der Waals surface area contributed by atoms with Gasteiger partial charge in [-0.25, -0.2) is 0 Å². The summed E-state index contributed by atoms with van der Waals surface area (Å²) >= 11 is 0. The van der Waals surface area contributed by atoms with Crippen molar-refractivity contribution in [2.45, 2.75) is 39.7 Å². The lowest BCUT2D eigenvalue weighted by molar-refractivity contribution is 0.108. The molecule has 4 heteroatoms. The van der Waals surface area contributed by atoms with E-state index in [9.17, 15) is 0 Å². The number of hydrogen-bond acceptors (Lipinski definition) is 4. The van der Waals surface area contributed by atoms with E-state index < -0.39 is 0 Å². The highest BCUT2D eigenvalue weighted by molar-refractivity contribution is 4.92. The normalized spacial score (nSPS) is 9.53. The van der Waals surface area contributed by atoms with E-state index in [-0.39, 0.29) is 6.61 Å². The molecule has 0 atom stereocenters. The van der Waals surface area contributed by atoms with Gasteiger partial charge < -0.3 is 14.4 Å². The molecular formula is C11H21NO3. The lowest BCUT2D eigenvalue weighted by atomic mass is 10.3. The Morgan fingerprint density at radius 2 is 2.13 bits per heavy atom. The zero-order chi connectivity index (χ0) is 11.4. The molecule has 1 heterocycles. The van der Waals surface area contributed by atoms with E-state index in [0.29, 0.717) is 13.2 Å². The zero-order valence-electron chi connectivity index (χ0n) is 9.61. The van der Waals surface area contributed by atoms with Gasteiger partial charge in [-0.15, -0.1) is 0 Å². The highest BCUT2D eigenvalue weighted by Gasteiger charge is 1.95. The van der Waals surface area contributed by atoms with Crippen molar-refractivity contribution in [3.63, 3.8) is 0 Å². The van der Waals surface area contributed by atoms with Crippen LogP contribution in [0.25, 0.3) is 0 Å². The number of hydrogen-bond donors (Lipinski definition) is 1. The average molecular weight is 215 g/mol. The first-order valence-corrected chi connectivity index (χ1v) is 5.43. The molecule has 0 spiro atoms. The van der Waals surface area contributed by atoms with Gasteiger partial charge in [-0.2, -0.15) is 0 Å². The monoisotopic (exact) mass is 215 g/mol. The maximum absolute atomic E-state index is 8.47. The van der Waals surface area contributed by atoms with Crippen LogP contribution in [0.1, 0.15) is 38.8 Å². The molecule has 1 N–H and O–H groups in total. The molecular weight excluding hydrogens is 194 g/mol. The SMILES string of the molecule is CCC.OCCCCOCc1ccon1. The number of aliphatic hydroxyl groups is 1. The van der Waals surface area contributed by atoms with E-state index in [1.165, 1.54) is 12.7 Å². The van der Waals surface area contributed by atoms with Crippen molar-refractivity contribution in [1.29, 1.82) is 0 Å². The molecule has 0 aliphatic carbocycles. The van der Waals surface area contributed by atoms with Gasteiger partial charge in [0.2, 0.25) is 0 Å². The Morgan fingerprint density at radius 1 is 1.40 bits per heavy atom. The molecule has 88 valence electrons. The summed E-state index contributed by atoms with van der Waals surface area (Å²) in [6.45, 7) is 5.63. The van der Waals surface area contributed by atoms with Gasteiger partial charge in [0.05, 0.1) is 6.61 Å². The van der Waals surface area contributed by atoms with Gasteiger partial charge >= 0.3 is 0 Å². The van der Waals surface area contributed by atoms with E-state index >= 15 is 0 Å². The molecule has 0 saturated carbocycles. The number of unbranched alkanes of at least 4 members (excludes halogenated alkanes) is 1. The van der Waals surface area contributed by atoms with Crippen LogP contribution >= 0.6 is 0 Å². The predicted molar refractivity (Wildman–Crippen MR) is 58.4 cm³/mol. The van der Waals surface area contributed by atoms with E-state index in [1.54, 1.807) is 6.07 Å². The molecule has 0 amide bonds. The Balaban J connectivity index is 0.000000583. The van der Waals surface area contributed by atoms with Crippen LogP contribution in [-0.4, -0.2) is 23.5 Å². The fourth-order valence-corrected chi connectivity index (χ4v) is 0.805. The molecule has 0 saturated heterocycles. The second-order valence-electron chi connectivity index (χ2n) is 3.18. The first-order valence-electron chi connectivity index (χ1n) is 5.43. The molecule has 1 rings (SSSR count). The Kier molecular flexibility index (Phi) is 10.6. The van der Waals surface area contributed by atoms with E-state index in [0.717, 1.165) is 18.5 Å². The van der Waals surface area contributed by atoms with Gasteiger partial charge in [0.1, 0.15) is 12.0 Å². The van der Waals surface area contributed by atoms with Crippen LogP contribution in [-0.2, 0) is 11.3 Å². The summed E-state index contributed by atoms with van der Waals surface area (Å²) in [6.07, 6.45) is 4.44. The molecule has 1 aromatic rings. The van der Waals surface area contributed by atoms with Crippen LogP contribution in [0.3, 0.4) is 0 Å². The minimum atomic E-state index is 0.229. The molecule has 0 bridgehead atoms. The lowest BCUT2D eigenvalue weighted by Gasteiger charge is -1.99. The fourth-order valence-electron chi connectivity index (χ4n) is 0.805. The van der Waals surface area contributed by atoms with Gasteiger partial charge in [0.15, 0.2) is 0 Å². The highest BCUT2D eigenvalue weighted by Crippen LogP contribution is 1.98. The van der Waals surface area contributed by atoms with Crippen LogP contribution in [0, 0.1) is 0 Å². The molecule has 0 aliphatic rings. The van der Waals surface area contributed by atoms with Crippen molar-refractivity contribution in [3.05, 3.63) is 18.0 Å². The molecule has 0 unspecified atom stereocenters. The molecule has 0 radical (unpaired) electrons. The second kappa shape index (κ2) is 11.2. The van der Waals surface area contributed by atoms with Crippen molar-refractivity contribution < 1.29 is 14.4 Å². The number of aromatic nitrogens is 1. The van der Waals surface area contributed by atoms with Crippen molar-refractivity contribution in [2.24, 2.45) is 0 Å². The topological polar surface area (TPSA) is 55.5 Å². The highest BCUT2D eigenvalue weighted by atomic mass is 16.5. The third-order valence-corrected chi connectivity index (χ3v) is 1.44. The molecule has 4 nitrogen and oxygen atoms in total. The Morgan fingerprint density at radius 3 is 2.67 bits per heavy atom. The maximum atomic E-state index is 8.47. The number of aliphatic hydroxyl groups excluding tert-OH is 1. The standard InChI is InChI=1S/C8H13NO3.C3H8/c10-4-1-2-5-11-7-8-3-6-12-9-8;1-3-2/h3,6,10H,1-2,4-5,7H2;3H2,1-2H3. The summed E-state index contributed by atoms with van der Waals surface area (Å²) in [6, 6.07) is 1.77. The van der Waals surface area contributed by atoms with Crippen molar-refractivity contribution in [3.8, 4) is 0 Å². The second-order valence-corrected chi connectivity index (χ2v) is 3.18. The number of nitrogens with zero attached hydrogens (tertiary/aromatic N) is 1. The van der Waals surface area contributed by atoms with Crippen LogP contribution in [0.4, 0.5) is 0 Å². The maximum Gasteiger partial charge on any atom is 0.124 e. The van der Waals surface area contributed by atoms with Gasteiger partial charge in [-0.3, -0.25) is 0 Å². The predicted octanol–water partition coefficient (Wildman–Crippen LogP) is 2.38. The van der Waals surface area contributed by atoms with Crippen LogP contribution < -0.4 is 0 Å². The Labute approximate surface area is 91.2 Å². The minimum absolute atomic E-state index is 0.229. The van der Waals surface area contributed by atoms with Crippen LogP contribution in [0.2, 0.25) is 0 Å². The summed E-state index contributed by atoms with van der Waals surface area (Å²) < 4.78 is 9.87. The van der Waals surface area contributed by atoms with E-state index in [1.807, 2.05) is 0 Å². The van der Waals surface area contributed by atoms with Crippen molar-refractivity contribution in [2.75, 3.05) is 13.2 Å². The largest absolute Gasteiger partial charge is 0.396 e. The Bertz CT molecular complexity index is 200. The first kappa shape index (κ1) is 14.1. The van der Waals surface area contributed by atoms with Crippen molar-refractivity contribution in [1.82, 2.24) is 5.16 Å². The minimum Gasteiger partial charge on any atom is -0.396 e. The van der Waals surface area contributed by atoms with Crippen LogP contribution in [0.5, 0.6) is 0 Å². The van der Waals surface area contributed by atoms with Crippen LogP contribution in [0.15, 0.2) is 16.9 Å². The fraction of sp³-hybridized carbons (Fsp3) is 0.727. The van der Waals surface area contributed by atoms with E-state index in [2.05, 4.69) is 23.5 Å². The average Bonchev–Trinajstić information content (AvgIpc) is 2.72. The molecule has 0 fully saturated rings. The van der Waals surface area contributed by atoms with Gasteiger partial charge in [0, 0.05) is 19.3 Å². The summed E-state index contributed by atoms with van der Waals surface area (Å²) in [5.74, 6) is 0. The molecule has 0 aromatic carbocycles. The third-order valence-electron chi connectivity index (χ3n) is 1.44. The molecule has 1 aromatic heterocycles. The van der Waals surface area contributed by atoms with Gasteiger partial charge in [-0.05, 0) is 12.8 Å². The summed E-state index contributed by atoms with van der Waals surface area (Å²) in [5, 5.41) is 12.2. The smallest absolute Gasteiger partial charge is 0.124 e.